The van der Waals surface area contributed by atoms with Crippen LogP contribution in [-0.2, 0) is 10.0 Å². The van der Waals surface area contributed by atoms with Gasteiger partial charge >= 0.3 is 0 Å². The van der Waals surface area contributed by atoms with Gasteiger partial charge in [0.1, 0.15) is 5.82 Å². The predicted octanol–water partition coefficient (Wildman–Crippen LogP) is 2.15. The van der Waals surface area contributed by atoms with E-state index >= 15 is 0 Å². The molecule has 0 bridgehead atoms. The van der Waals surface area contributed by atoms with E-state index in [0.717, 1.165) is 12.0 Å². The van der Waals surface area contributed by atoms with Crippen LogP contribution in [0.3, 0.4) is 0 Å². The lowest BCUT2D eigenvalue weighted by molar-refractivity contribution is 0.210. The Hall–Kier alpha value is -0.980. The van der Waals surface area contributed by atoms with E-state index in [2.05, 4.69) is 12.2 Å². The lowest BCUT2D eigenvalue weighted by Gasteiger charge is -2.37. The van der Waals surface area contributed by atoms with E-state index in [-0.39, 0.29) is 23.8 Å². The van der Waals surface area contributed by atoms with Crippen LogP contribution in [0.4, 0.5) is 4.39 Å². The molecular formula is C15H23FN2O2S. The minimum atomic E-state index is -3.10. The molecule has 1 aliphatic rings. The zero-order chi connectivity index (χ0) is 15.6. The quantitative estimate of drug-likeness (QED) is 0.926. The summed E-state index contributed by atoms with van der Waals surface area (Å²) >= 11 is 0. The minimum Gasteiger partial charge on any atom is -0.307 e. The van der Waals surface area contributed by atoms with Crippen molar-refractivity contribution in [2.45, 2.75) is 32.4 Å². The fourth-order valence-electron chi connectivity index (χ4n) is 2.82. The Kier molecular flexibility index (Phi) is 5.01. The van der Waals surface area contributed by atoms with Gasteiger partial charge in [0.15, 0.2) is 0 Å². The van der Waals surface area contributed by atoms with Gasteiger partial charge in [0.2, 0.25) is 10.0 Å². The second-order valence-electron chi connectivity index (χ2n) is 5.93. The lowest BCUT2D eigenvalue weighted by atomic mass is 9.93. The molecule has 1 aromatic carbocycles. The van der Waals surface area contributed by atoms with Crippen LogP contribution in [-0.4, -0.2) is 38.1 Å². The second-order valence-corrected chi connectivity index (χ2v) is 7.92. The van der Waals surface area contributed by atoms with Gasteiger partial charge in [0.05, 0.1) is 6.26 Å². The summed E-state index contributed by atoms with van der Waals surface area (Å²) in [7, 11) is -3.10. The maximum Gasteiger partial charge on any atom is 0.211 e. The Morgan fingerprint density at radius 1 is 1.33 bits per heavy atom. The molecule has 0 amide bonds. The van der Waals surface area contributed by atoms with Crippen molar-refractivity contribution in [2.75, 3.05) is 19.3 Å². The zero-order valence-electron chi connectivity index (χ0n) is 12.7. The average molecular weight is 314 g/mol. The minimum absolute atomic E-state index is 0.114. The molecule has 2 rings (SSSR count). The molecular weight excluding hydrogens is 291 g/mol. The third-order valence-electron chi connectivity index (χ3n) is 4.17. The highest BCUT2D eigenvalue weighted by Gasteiger charge is 2.31. The summed E-state index contributed by atoms with van der Waals surface area (Å²) in [6.45, 7) is 5.21. The smallest absolute Gasteiger partial charge is 0.211 e. The van der Waals surface area contributed by atoms with Gasteiger partial charge < -0.3 is 5.32 Å². The van der Waals surface area contributed by atoms with Crippen molar-refractivity contribution in [2.24, 2.45) is 5.92 Å². The summed E-state index contributed by atoms with van der Waals surface area (Å²) in [6, 6.07) is 6.87. The van der Waals surface area contributed by atoms with E-state index in [1.165, 1.54) is 18.4 Å². The summed E-state index contributed by atoms with van der Waals surface area (Å²) in [5.41, 5.74) is 1.04. The van der Waals surface area contributed by atoms with Crippen LogP contribution in [0.15, 0.2) is 24.3 Å². The van der Waals surface area contributed by atoms with Gasteiger partial charge in [-0.25, -0.2) is 17.1 Å². The van der Waals surface area contributed by atoms with E-state index < -0.39 is 10.0 Å². The molecule has 0 spiro atoms. The second kappa shape index (κ2) is 6.42. The summed E-state index contributed by atoms with van der Waals surface area (Å²) in [5, 5.41) is 3.53. The molecule has 0 aliphatic carbocycles. The van der Waals surface area contributed by atoms with E-state index in [4.69, 9.17) is 0 Å². The molecule has 1 fully saturated rings. The van der Waals surface area contributed by atoms with Crippen molar-refractivity contribution in [3.63, 3.8) is 0 Å². The Morgan fingerprint density at radius 2 is 1.95 bits per heavy atom. The van der Waals surface area contributed by atoms with Crippen molar-refractivity contribution in [3.05, 3.63) is 35.6 Å². The number of piperidine rings is 1. The first-order valence-electron chi connectivity index (χ1n) is 7.24. The molecule has 1 N–H and O–H groups in total. The van der Waals surface area contributed by atoms with Crippen LogP contribution in [0, 0.1) is 11.7 Å². The maximum atomic E-state index is 12.9. The molecule has 0 radical (unpaired) electrons. The number of rotatable bonds is 4. The average Bonchev–Trinajstić information content (AvgIpc) is 2.40. The van der Waals surface area contributed by atoms with Crippen molar-refractivity contribution < 1.29 is 12.8 Å². The topological polar surface area (TPSA) is 49.4 Å². The van der Waals surface area contributed by atoms with Gasteiger partial charge in [-0.3, -0.25) is 0 Å². The zero-order valence-corrected chi connectivity index (χ0v) is 13.5. The highest BCUT2D eigenvalue weighted by Crippen LogP contribution is 2.22. The SMILES string of the molecule is C[C@H](N[C@H]1CCN(S(C)(=O)=O)C[C@@H]1C)c1ccc(F)cc1. The van der Waals surface area contributed by atoms with Gasteiger partial charge in [-0.2, -0.15) is 0 Å². The predicted molar refractivity (Wildman–Crippen MR) is 81.9 cm³/mol. The van der Waals surface area contributed by atoms with E-state index in [1.807, 2.05) is 6.92 Å². The number of hydrogen-bond donors (Lipinski definition) is 1. The number of nitrogens with one attached hydrogen (secondary N) is 1. The lowest BCUT2D eigenvalue weighted by Crippen LogP contribution is -2.50. The normalized spacial score (nSPS) is 25.7. The van der Waals surface area contributed by atoms with Gasteiger partial charge in [0.25, 0.3) is 0 Å². The summed E-state index contributed by atoms with van der Waals surface area (Å²) in [5.74, 6) is 0.0113. The third-order valence-corrected chi connectivity index (χ3v) is 5.44. The largest absolute Gasteiger partial charge is 0.307 e. The van der Waals surface area contributed by atoms with Crippen LogP contribution in [0.1, 0.15) is 31.9 Å². The van der Waals surface area contributed by atoms with Gasteiger partial charge in [-0.1, -0.05) is 19.1 Å². The Balaban J connectivity index is 1.96. The summed E-state index contributed by atoms with van der Waals surface area (Å²) in [6.07, 6.45) is 2.05. The third kappa shape index (κ3) is 4.25. The van der Waals surface area contributed by atoms with Gasteiger partial charge in [-0.05, 0) is 37.0 Å². The van der Waals surface area contributed by atoms with E-state index in [0.29, 0.717) is 13.1 Å². The number of hydrogen-bond acceptors (Lipinski definition) is 3. The highest BCUT2D eigenvalue weighted by molar-refractivity contribution is 7.88. The first-order chi connectivity index (χ1) is 9.77. The molecule has 0 aromatic heterocycles. The molecule has 1 aliphatic heterocycles. The number of halogens is 1. The van der Waals surface area contributed by atoms with Crippen molar-refractivity contribution in [1.82, 2.24) is 9.62 Å². The summed E-state index contributed by atoms with van der Waals surface area (Å²) in [4.78, 5) is 0. The molecule has 0 unspecified atom stereocenters. The molecule has 3 atom stereocenters. The number of nitrogens with zero attached hydrogens (tertiary/aromatic N) is 1. The number of sulfonamides is 1. The number of benzene rings is 1. The highest BCUT2D eigenvalue weighted by atomic mass is 32.2. The van der Waals surface area contributed by atoms with Crippen molar-refractivity contribution in [1.29, 1.82) is 0 Å². The molecule has 1 aromatic rings. The van der Waals surface area contributed by atoms with Crippen LogP contribution in [0.5, 0.6) is 0 Å². The molecule has 1 saturated heterocycles. The first-order valence-corrected chi connectivity index (χ1v) is 9.09. The molecule has 0 saturated carbocycles. The maximum absolute atomic E-state index is 12.9. The van der Waals surface area contributed by atoms with E-state index in [9.17, 15) is 12.8 Å². The molecule has 4 nitrogen and oxygen atoms in total. The van der Waals surface area contributed by atoms with Crippen LogP contribution in [0.2, 0.25) is 0 Å². The molecule has 21 heavy (non-hydrogen) atoms. The Bertz CT molecular complexity index is 574. The monoisotopic (exact) mass is 314 g/mol. The fourth-order valence-corrected chi connectivity index (χ4v) is 3.77. The van der Waals surface area contributed by atoms with Crippen LogP contribution >= 0.6 is 0 Å². The van der Waals surface area contributed by atoms with Crippen molar-refractivity contribution in [3.8, 4) is 0 Å². The first kappa shape index (κ1) is 16.4. The van der Waals surface area contributed by atoms with Gasteiger partial charge in [0, 0.05) is 25.2 Å². The Morgan fingerprint density at radius 3 is 2.48 bits per heavy atom. The van der Waals surface area contributed by atoms with Crippen LogP contribution < -0.4 is 5.32 Å². The van der Waals surface area contributed by atoms with Crippen molar-refractivity contribution >= 4 is 10.0 Å². The Labute approximate surface area is 126 Å². The molecule has 1 heterocycles. The van der Waals surface area contributed by atoms with E-state index in [1.54, 1.807) is 16.4 Å². The van der Waals surface area contributed by atoms with Crippen LogP contribution in [0.25, 0.3) is 0 Å². The summed E-state index contributed by atoms with van der Waals surface area (Å²) < 4.78 is 37.7. The van der Waals surface area contributed by atoms with Gasteiger partial charge in [-0.15, -0.1) is 0 Å². The molecule has 6 heteroatoms. The molecule has 118 valence electrons. The fraction of sp³-hybridized carbons (Fsp3) is 0.600. The standard InChI is InChI=1S/C15H23FN2O2S/c1-11-10-18(21(3,19)20)9-8-15(11)17-12(2)13-4-6-14(16)7-5-13/h4-7,11-12,15,17H,8-10H2,1-3H3/t11-,12-,15-/m0/s1.